The van der Waals surface area contributed by atoms with E-state index >= 15 is 0 Å². The minimum atomic E-state index is -2.35. The molecule has 0 aliphatic rings. The lowest BCUT2D eigenvalue weighted by atomic mass is 10.3. The Morgan fingerprint density at radius 1 is 0.917 bits per heavy atom. The fourth-order valence-electron chi connectivity index (χ4n) is 1.54. The summed E-state index contributed by atoms with van der Waals surface area (Å²) in [4.78, 5) is 0. The molecule has 0 bridgehead atoms. The Balaban J connectivity index is 4.42. The van der Waals surface area contributed by atoms with E-state index < -0.39 is 8.80 Å². The Labute approximate surface area is 76.4 Å². The van der Waals surface area contributed by atoms with Crippen molar-refractivity contribution in [2.24, 2.45) is 0 Å². The number of hydrogen-bond donors (Lipinski definition) is 0. The topological polar surface area (TPSA) is 27.7 Å². The predicted octanol–water partition coefficient (Wildman–Crippen LogP) is 2.05. The maximum atomic E-state index is 5.37. The van der Waals surface area contributed by atoms with E-state index in [1.165, 1.54) is 0 Å². The SMILES string of the molecule is CCC(CC)[Si](OC)(OC)OC. The lowest BCUT2D eigenvalue weighted by Gasteiger charge is -2.31. The molecule has 0 spiro atoms. The zero-order valence-corrected chi connectivity index (χ0v) is 9.72. The average Bonchev–Trinajstić information content (AvgIpc) is 2.14. The molecule has 0 aliphatic heterocycles. The van der Waals surface area contributed by atoms with Gasteiger partial charge in [-0.2, -0.15) is 0 Å². The van der Waals surface area contributed by atoms with Gasteiger partial charge in [-0.25, -0.2) is 0 Å². The number of hydrogen-bond acceptors (Lipinski definition) is 3. The van der Waals surface area contributed by atoms with Gasteiger partial charge in [0.2, 0.25) is 0 Å². The molecule has 0 rings (SSSR count). The highest BCUT2D eigenvalue weighted by Crippen LogP contribution is 2.29. The summed E-state index contributed by atoms with van der Waals surface area (Å²) in [5.74, 6) is 0. The van der Waals surface area contributed by atoms with Gasteiger partial charge in [0.05, 0.1) is 0 Å². The van der Waals surface area contributed by atoms with Gasteiger partial charge in [0.15, 0.2) is 0 Å². The molecule has 12 heavy (non-hydrogen) atoms. The van der Waals surface area contributed by atoms with Crippen LogP contribution in [-0.4, -0.2) is 30.1 Å². The Morgan fingerprint density at radius 2 is 1.25 bits per heavy atom. The summed E-state index contributed by atoms with van der Waals surface area (Å²) in [7, 11) is 2.65. The molecule has 0 saturated carbocycles. The van der Waals surface area contributed by atoms with Crippen molar-refractivity contribution in [3.8, 4) is 0 Å². The largest absolute Gasteiger partial charge is 0.503 e. The van der Waals surface area contributed by atoms with E-state index in [-0.39, 0.29) is 0 Å². The molecule has 0 saturated heterocycles. The minimum absolute atomic E-state index is 0.414. The molecule has 0 unspecified atom stereocenters. The van der Waals surface area contributed by atoms with Gasteiger partial charge < -0.3 is 13.3 Å². The van der Waals surface area contributed by atoms with E-state index in [0.717, 1.165) is 12.8 Å². The van der Waals surface area contributed by atoms with Crippen LogP contribution in [0.2, 0.25) is 5.54 Å². The molecule has 0 aromatic heterocycles. The van der Waals surface area contributed by atoms with Crippen LogP contribution >= 0.6 is 0 Å². The standard InChI is InChI=1S/C8H20O3Si/c1-6-8(7-2)12(9-3,10-4)11-5/h8H,6-7H2,1-5H3. The fourth-order valence-corrected chi connectivity index (χ4v) is 4.04. The first-order valence-electron chi connectivity index (χ1n) is 4.36. The van der Waals surface area contributed by atoms with Crippen molar-refractivity contribution in [1.29, 1.82) is 0 Å². The van der Waals surface area contributed by atoms with Gasteiger partial charge in [-0.1, -0.05) is 13.8 Å². The third kappa shape index (κ3) is 2.29. The van der Waals surface area contributed by atoms with Gasteiger partial charge >= 0.3 is 8.80 Å². The zero-order valence-electron chi connectivity index (χ0n) is 8.72. The van der Waals surface area contributed by atoms with Crippen molar-refractivity contribution in [1.82, 2.24) is 0 Å². The van der Waals surface area contributed by atoms with Crippen LogP contribution in [-0.2, 0) is 13.3 Å². The third-order valence-corrected chi connectivity index (χ3v) is 5.86. The molecule has 3 nitrogen and oxygen atoms in total. The van der Waals surface area contributed by atoms with E-state index in [0.29, 0.717) is 5.54 Å². The van der Waals surface area contributed by atoms with E-state index in [2.05, 4.69) is 13.8 Å². The molecule has 0 aliphatic carbocycles. The van der Waals surface area contributed by atoms with E-state index in [9.17, 15) is 0 Å². The predicted molar refractivity (Wildman–Crippen MR) is 51.1 cm³/mol. The van der Waals surface area contributed by atoms with Crippen LogP contribution in [0.4, 0.5) is 0 Å². The Hall–Kier alpha value is 0.0969. The summed E-state index contributed by atoms with van der Waals surface area (Å²) in [6.45, 7) is 4.26. The van der Waals surface area contributed by atoms with Crippen molar-refractivity contribution in [3.05, 3.63) is 0 Å². The zero-order chi connectivity index (χ0) is 9.61. The third-order valence-electron chi connectivity index (χ3n) is 2.34. The number of rotatable bonds is 6. The molecular formula is C8H20O3Si. The van der Waals surface area contributed by atoms with Crippen molar-refractivity contribution >= 4 is 8.80 Å². The molecule has 0 aromatic rings. The van der Waals surface area contributed by atoms with Crippen LogP contribution in [0.25, 0.3) is 0 Å². The van der Waals surface area contributed by atoms with Crippen LogP contribution in [0.1, 0.15) is 26.7 Å². The molecule has 4 heteroatoms. The quantitative estimate of drug-likeness (QED) is 0.603. The maximum Gasteiger partial charge on any atom is 0.503 e. The summed E-state index contributed by atoms with van der Waals surface area (Å²) in [6.07, 6.45) is 2.08. The maximum absolute atomic E-state index is 5.37. The fraction of sp³-hybridized carbons (Fsp3) is 1.00. The van der Waals surface area contributed by atoms with Crippen LogP contribution in [0.15, 0.2) is 0 Å². The minimum Gasteiger partial charge on any atom is -0.377 e. The molecule has 0 atom stereocenters. The van der Waals surface area contributed by atoms with Crippen LogP contribution in [0, 0.1) is 0 Å². The first-order chi connectivity index (χ1) is 5.70. The molecule has 0 heterocycles. The van der Waals surface area contributed by atoms with E-state index in [1.807, 2.05) is 0 Å². The Kier molecular flexibility index (Phi) is 5.74. The smallest absolute Gasteiger partial charge is 0.377 e. The normalized spacial score (nSPS) is 12.5. The Morgan fingerprint density at radius 3 is 1.33 bits per heavy atom. The second-order valence-corrected chi connectivity index (χ2v) is 5.98. The molecule has 0 aromatic carbocycles. The van der Waals surface area contributed by atoms with Gasteiger partial charge in [0.1, 0.15) is 0 Å². The van der Waals surface area contributed by atoms with Crippen molar-refractivity contribution in [3.63, 3.8) is 0 Å². The van der Waals surface area contributed by atoms with E-state index in [4.69, 9.17) is 13.3 Å². The van der Waals surface area contributed by atoms with Gasteiger partial charge in [0.25, 0.3) is 0 Å². The molecule has 0 N–H and O–H groups in total. The first kappa shape index (κ1) is 12.1. The molecule has 0 radical (unpaired) electrons. The van der Waals surface area contributed by atoms with Gasteiger partial charge in [-0.05, 0) is 12.8 Å². The van der Waals surface area contributed by atoms with Crippen LogP contribution < -0.4 is 0 Å². The highest BCUT2D eigenvalue weighted by Gasteiger charge is 2.44. The summed E-state index contributed by atoms with van der Waals surface area (Å²) < 4.78 is 16.1. The lowest BCUT2D eigenvalue weighted by molar-refractivity contribution is 0.109. The van der Waals surface area contributed by atoms with Gasteiger partial charge in [0, 0.05) is 26.9 Å². The van der Waals surface area contributed by atoms with E-state index in [1.54, 1.807) is 21.3 Å². The van der Waals surface area contributed by atoms with Crippen molar-refractivity contribution in [2.45, 2.75) is 32.2 Å². The first-order valence-corrected chi connectivity index (χ1v) is 6.16. The van der Waals surface area contributed by atoms with Crippen molar-refractivity contribution < 1.29 is 13.3 Å². The van der Waals surface area contributed by atoms with Crippen LogP contribution in [0.3, 0.4) is 0 Å². The summed E-state index contributed by atoms with van der Waals surface area (Å²) >= 11 is 0. The lowest BCUT2D eigenvalue weighted by Crippen LogP contribution is -2.47. The second kappa shape index (κ2) is 5.69. The summed E-state index contributed by atoms with van der Waals surface area (Å²) in [5.41, 5.74) is 0.414. The highest BCUT2D eigenvalue weighted by molar-refractivity contribution is 6.62. The molecule has 0 fully saturated rings. The summed E-state index contributed by atoms with van der Waals surface area (Å²) in [5, 5.41) is 0. The molecule has 0 amide bonds. The monoisotopic (exact) mass is 192 g/mol. The van der Waals surface area contributed by atoms with Crippen LogP contribution in [0.5, 0.6) is 0 Å². The van der Waals surface area contributed by atoms with Crippen molar-refractivity contribution in [2.75, 3.05) is 21.3 Å². The Bertz CT molecular complexity index is 103. The van der Waals surface area contributed by atoms with Gasteiger partial charge in [-0.15, -0.1) is 0 Å². The molecular weight excluding hydrogens is 172 g/mol. The highest BCUT2D eigenvalue weighted by atomic mass is 28.4. The van der Waals surface area contributed by atoms with Gasteiger partial charge in [-0.3, -0.25) is 0 Å². The molecule has 74 valence electrons. The summed E-state index contributed by atoms with van der Waals surface area (Å²) in [6, 6.07) is 0. The second-order valence-electron chi connectivity index (χ2n) is 2.73. The average molecular weight is 192 g/mol.